The SMILES string of the molecule is COc1ccc(F)c(-c2ccc(COc3cc(F)c4c(c3F)[C@@]3(CC4)[C@H](C(=O)O)[C@@H]3C)cc2[C@H](OC)C(C)(C)C)c1. The smallest absolute Gasteiger partial charge is 0.307 e. The van der Waals surface area contributed by atoms with E-state index >= 15 is 13.2 Å². The lowest BCUT2D eigenvalue weighted by Gasteiger charge is -2.32. The highest BCUT2D eigenvalue weighted by atomic mass is 19.1. The molecule has 41 heavy (non-hydrogen) atoms. The Hall–Kier alpha value is -3.52. The summed E-state index contributed by atoms with van der Waals surface area (Å²) < 4.78 is 63.1. The quantitative estimate of drug-likeness (QED) is 0.303. The summed E-state index contributed by atoms with van der Waals surface area (Å²) in [6.45, 7) is 7.72. The second kappa shape index (κ2) is 10.4. The topological polar surface area (TPSA) is 65.0 Å². The molecule has 5 rings (SSSR count). The Kier molecular flexibility index (Phi) is 7.35. The van der Waals surface area contributed by atoms with Crippen molar-refractivity contribution in [1.29, 1.82) is 0 Å². The predicted octanol–water partition coefficient (Wildman–Crippen LogP) is 7.63. The Morgan fingerprint density at radius 1 is 1.05 bits per heavy atom. The zero-order chi connectivity index (χ0) is 29.9. The summed E-state index contributed by atoms with van der Waals surface area (Å²) in [7, 11) is 3.10. The molecule has 5 nitrogen and oxygen atoms in total. The van der Waals surface area contributed by atoms with Crippen LogP contribution < -0.4 is 9.47 Å². The number of carboxylic acid groups (broad SMARTS) is 1. The van der Waals surface area contributed by atoms with Crippen LogP contribution in [0.25, 0.3) is 11.1 Å². The number of carbonyl (C=O) groups is 1. The second-order valence-corrected chi connectivity index (χ2v) is 12.2. The van der Waals surface area contributed by atoms with Gasteiger partial charge in [0.2, 0.25) is 0 Å². The Morgan fingerprint density at radius 2 is 1.78 bits per heavy atom. The number of fused-ring (bicyclic) bond motifs is 2. The van der Waals surface area contributed by atoms with E-state index in [2.05, 4.69) is 0 Å². The van der Waals surface area contributed by atoms with Crippen molar-refractivity contribution in [2.24, 2.45) is 17.3 Å². The first kappa shape index (κ1) is 29.0. The molecule has 1 spiro atoms. The molecule has 8 heteroatoms. The molecule has 2 aliphatic carbocycles. The minimum Gasteiger partial charge on any atom is -0.497 e. The minimum atomic E-state index is -0.997. The van der Waals surface area contributed by atoms with Gasteiger partial charge in [-0.05, 0) is 70.7 Å². The van der Waals surface area contributed by atoms with E-state index < -0.39 is 40.9 Å². The summed E-state index contributed by atoms with van der Waals surface area (Å²) in [6.07, 6.45) is 0.263. The zero-order valence-corrected chi connectivity index (χ0v) is 24.1. The van der Waals surface area contributed by atoms with E-state index in [0.717, 1.165) is 6.07 Å². The van der Waals surface area contributed by atoms with Crippen LogP contribution in [0.1, 0.15) is 62.5 Å². The molecule has 0 aromatic heterocycles. The Morgan fingerprint density at radius 3 is 2.39 bits per heavy atom. The maximum atomic E-state index is 15.9. The predicted molar refractivity (Wildman–Crippen MR) is 149 cm³/mol. The van der Waals surface area contributed by atoms with Crippen molar-refractivity contribution >= 4 is 5.97 Å². The molecule has 2 aliphatic rings. The second-order valence-electron chi connectivity index (χ2n) is 12.2. The Labute approximate surface area is 238 Å². The summed E-state index contributed by atoms with van der Waals surface area (Å²) in [4.78, 5) is 11.8. The van der Waals surface area contributed by atoms with Gasteiger partial charge in [-0.25, -0.2) is 13.2 Å². The average molecular weight is 569 g/mol. The van der Waals surface area contributed by atoms with Crippen LogP contribution in [0.2, 0.25) is 0 Å². The van der Waals surface area contributed by atoms with Crippen molar-refractivity contribution in [3.63, 3.8) is 0 Å². The summed E-state index contributed by atoms with van der Waals surface area (Å²) in [5.74, 6) is -3.49. The van der Waals surface area contributed by atoms with Gasteiger partial charge in [0.1, 0.15) is 24.0 Å². The van der Waals surface area contributed by atoms with Crippen LogP contribution >= 0.6 is 0 Å². The van der Waals surface area contributed by atoms with Gasteiger partial charge in [0.15, 0.2) is 11.6 Å². The van der Waals surface area contributed by atoms with E-state index in [1.54, 1.807) is 38.3 Å². The van der Waals surface area contributed by atoms with Crippen LogP contribution in [0.15, 0.2) is 42.5 Å². The molecule has 0 amide bonds. The van der Waals surface area contributed by atoms with Gasteiger partial charge in [-0.1, -0.05) is 39.8 Å². The monoisotopic (exact) mass is 568 g/mol. The lowest BCUT2D eigenvalue weighted by Crippen LogP contribution is -2.21. The highest BCUT2D eigenvalue weighted by Crippen LogP contribution is 2.67. The molecule has 3 aromatic carbocycles. The lowest BCUT2D eigenvalue weighted by molar-refractivity contribution is -0.139. The molecule has 0 saturated heterocycles. The first-order chi connectivity index (χ1) is 19.3. The van der Waals surface area contributed by atoms with Crippen LogP contribution in [0, 0.1) is 34.7 Å². The molecule has 0 bridgehead atoms. The minimum absolute atomic E-state index is 0.0888. The van der Waals surface area contributed by atoms with Gasteiger partial charge < -0.3 is 19.3 Å². The fraction of sp³-hybridized carbons (Fsp3) is 0.424. The largest absolute Gasteiger partial charge is 0.497 e. The number of hydrogen-bond acceptors (Lipinski definition) is 4. The molecule has 0 aliphatic heterocycles. The average Bonchev–Trinajstić information content (AvgIpc) is 3.30. The highest BCUT2D eigenvalue weighted by molar-refractivity contribution is 5.79. The van der Waals surface area contributed by atoms with Gasteiger partial charge in [0.05, 0.1) is 19.1 Å². The number of rotatable bonds is 8. The van der Waals surface area contributed by atoms with E-state index in [-0.39, 0.29) is 34.8 Å². The first-order valence-electron chi connectivity index (χ1n) is 13.7. The molecule has 1 N–H and O–H groups in total. The van der Waals surface area contributed by atoms with E-state index in [9.17, 15) is 9.90 Å². The van der Waals surface area contributed by atoms with Crippen molar-refractivity contribution in [2.45, 2.75) is 58.7 Å². The zero-order valence-electron chi connectivity index (χ0n) is 24.1. The van der Waals surface area contributed by atoms with Crippen LogP contribution in [0.5, 0.6) is 11.5 Å². The van der Waals surface area contributed by atoms with Gasteiger partial charge >= 0.3 is 5.97 Å². The molecule has 1 saturated carbocycles. The number of ether oxygens (including phenoxy) is 3. The number of halogens is 3. The van der Waals surface area contributed by atoms with Crippen molar-refractivity contribution in [1.82, 2.24) is 0 Å². The summed E-state index contributed by atoms with van der Waals surface area (Å²) in [5, 5.41) is 9.67. The molecule has 0 heterocycles. The van der Waals surface area contributed by atoms with E-state index in [0.29, 0.717) is 40.8 Å². The van der Waals surface area contributed by atoms with Crippen LogP contribution in [0.3, 0.4) is 0 Å². The lowest BCUT2D eigenvalue weighted by atomic mass is 9.81. The third-order valence-corrected chi connectivity index (χ3v) is 8.84. The maximum Gasteiger partial charge on any atom is 0.307 e. The first-order valence-corrected chi connectivity index (χ1v) is 13.7. The van der Waals surface area contributed by atoms with Gasteiger partial charge in [0, 0.05) is 29.7 Å². The number of hydrogen-bond donors (Lipinski definition) is 1. The van der Waals surface area contributed by atoms with Gasteiger partial charge in [0.25, 0.3) is 0 Å². The molecule has 218 valence electrons. The molecular weight excluding hydrogens is 533 g/mol. The Bertz CT molecular complexity index is 1510. The van der Waals surface area contributed by atoms with Crippen LogP contribution in [-0.4, -0.2) is 25.3 Å². The third-order valence-electron chi connectivity index (χ3n) is 8.84. The van der Waals surface area contributed by atoms with E-state index in [1.807, 2.05) is 26.8 Å². The number of aliphatic carboxylic acids is 1. The maximum absolute atomic E-state index is 15.9. The van der Waals surface area contributed by atoms with Crippen molar-refractivity contribution in [3.8, 4) is 22.6 Å². The van der Waals surface area contributed by atoms with Gasteiger partial charge in [-0.3, -0.25) is 4.79 Å². The fourth-order valence-corrected chi connectivity index (χ4v) is 6.87. The molecule has 0 radical (unpaired) electrons. The molecular formula is C33H35F3O5. The van der Waals surface area contributed by atoms with Gasteiger partial charge in [-0.2, -0.15) is 0 Å². The van der Waals surface area contributed by atoms with Crippen LogP contribution in [0.4, 0.5) is 13.2 Å². The number of methoxy groups -OCH3 is 2. The Balaban J connectivity index is 1.52. The van der Waals surface area contributed by atoms with E-state index in [4.69, 9.17) is 14.2 Å². The van der Waals surface area contributed by atoms with Crippen molar-refractivity contribution < 1.29 is 37.3 Å². The molecule has 4 atom stereocenters. The number of carboxylic acids is 1. The molecule has 1 fully saturated rings. The normalized spacial score (nSPS) is 22.0. The molecule has 0 unspecified atom stereocenters. The van der Waals surface area contributed by atoms with E-state index in [1.165, 1.54) is 13.2 Å². The fourth-order valence-electron chi connectivity index (χ4n) is 6.87. The standard InChI is InChI=1S/C33H35F3O5/c1-17-27(31(37)38)33(17)12-11-21-25(35)15-26(29(36)28(21)33)41-16-18-7-9-20(22-14-19(39-5)8-10-24(22)34)23(13-18)30(40-6)32(2,3)4/h7-10,13-15,17,27,30H,11-12,16H2,1-6H3,(H,37,38)/t17-,27-,30-,33+/m0/s1. The summed E-state index contributed by atoms with van der Waals surface area (Å²) in [5.41, 5.74) is 1.45. The third kappa shape index (κ3) is 4.76. The van der Waals surface area contributed by atoms with Crippen molar-refractivity contribution in [3.05, 3.63) is 82.2 Å². The van der Waals surface area contributed by atoms with Crippen molar-refractivity contribution in [2.75, 3.05) is 14.2 Å². The van der Waals surface area contributed by atoms with Gasteiger partial charge in [-0.15, -0.1) is 0 Å². The van der Waals surface area contributed by atoms with Crippen LogP contribution in [-0.2, 0) is 28.0 Å². The highest BCUT2D eigenvalue weighted by Gasteiger charge is 2.70. The summed E-state index contributed by atoms with van der Waals surface area (Å²) >= 11 is 0. The molecule has 3 aromatic rings. The number of benzene rings is 3. The summed E-state index contributed by atoms with van der Waals surface area (Å²) in [6, 6.07) is 10.9.